The van der Waals surface area contributed by atoms with Crippen LogP contribution < -0.4 is 4.74 Å². The number of H-pyrrole nitrogens is 1. The first kappa shape index (κ1) is 12.2. The van der Waals surface area contributed by atoms with E-state index in [1.807, 2.05) is 36.4 Å². The van der Waals surface area contributed by atoms with E-state index in [-0.39, 0.29) is 0 Å². The van der Waals surface area contributed by atoms with Crippen molar-refractivity contribution in [3.8, 4) is 17.1 Å². The first-order valence-electron chi connectivity index (χ1n) is 6.16. The van der Waals surface area contributed by atoms with E-state index >= 15 is 0 Å². The van der Waals surface area contributed by atoms with Crippen LogP contribution in [0.25, 0.3) is 22.4 Å². The van der Waals surface area contributed by atoms with Gasteiger partial charge in [-0.3, -0.25) is 0 Å². The molecule has 0 radical (unpaired) electrons. The molecule has 0 atom stereocenters. The highest BCUT2D eigenvalue weighted by molar-refractivity contribution is 5.84. The molecule has 0 aliphatic heterocycles. The standard InChI is InChI=1S/C16H12N2O2/c1-2-15(19)20-12-7-5-6-11(10-12)16-17-13-8-3-4-9-14(13)18-16/h2-10H,1H2,(H,17,18). The number of ether oxygens (including phenoxy) is 1. The van der Waals surface area contributed by atoms with Gasteiger partial charge in [0.1, 0.15) is 11.6 Å². The van der Waals surface area contributed by atoms with Gasteiger partial charge in [0.15, 0.2) is 0 Å². The molecule has 3 aromatic rings. The second-order valence-corrected chi connectivity index (χ2v) is 4.26. The largest absolute Gasteiger partial charge is 0.423 e. The Morgan fingerprint density at radius 1 is 1.20 bits per heavy atom. The number of hydrogen-bond donors (Lipinski definition) is 1. The third-order valence-corrected chi connectivity index (χ3v) is 2.88. The van der Waals surface area contributed by atoms with Crippen LogP contribution in [0.2, 0.25) is 0 Å². The van der Waals surface area contributed by atoms with Crippen molar-refractivity contribution in [2.45, 2.75) is 0 Å². The van der Waals surface area contributed by atoms with Gasteiger partial charge in [0, 0.05) is 11.6 Å². The van der Waals surface area contributed by atoms with E-state index in [0.717, 1.165) is 28.5 Å². The van der Waals surface area contributed by atoms with Gasteiger partial charge in [-0.2, -0.15) is 0 Å². The van der Waals surface area contributed by atoms with Crippen molar-refractivity contribution in [1.82, 2.24) is 9.97 Å². The third-order valence-electron chi connectivity index (χ3n) is 2.88. The van der Waals surface area contributed by atoms with Gasteiger partial charge in [-0.15, -0.1) is 0 Å². The lowest BCUT2D eigenvalue weighted by atomic mass is 10.2. The molecule has 20 heavy (non-hydrogen) atoms. The lowest BCUT2D eigenvalue weighted by Crippen LogP contribution is -2.02. The van der Waals surface area contributed by atoms with Gasteiger partial charge in [0.2, 0.25) is 0 Å². The molecule has 3 rings (SSSR count). The number of hydrogen-bond acceptors (Lipinski definition) is 3. The van der Waals surface area contributed by atoms with Crippen molar-refractivity contribution < 1.29 is 9.53 Å². The molecule has 0 amide bonds. The van der Waals surface area contributed by atoms with Crippen LogP contribution in [-0.2, 0) is 4.79 Å². The predicted molar refractivity (Wildman–Crippen MR) is 77.4 cm³/mol. The number of fused-ring (bicyclic) bond motifs is 1. The van der Waals surface area contributed by atoms with Crippen LogP contribution in [0.4, 0.5) is 0 Å². The zero-order valence-corrected chi connectivity index (χ0v) is 10.7. The molecule has 0 unspecified atom stereocenters. The zero-order chi connectivity index (χ0) is 13.9. The topological polar surface area (TPSA) is 55.0 Å². The number of benzene rings is 2. The number of aromatic nitrogens is 2. The molecule has 4 nitrogen and oxygen atoms in total. The Kier molecular flexibility index (Phi) is 3.05. The van der Waals surface area contributed by atoms with E-state index in [1.54, 1.807) is 12.1 Å². The van der Waals surface area contributed by atoms with Crippen molar-refractivity contribution in [3.05, 3.63) is 61.2 Å². The number of aromatic amines is 1. The number of carbonyl (C=O) groups is 1. The molecule has 0 saturated carbocycles. The predicted octanol–water partition coefficient (Wildman–Crippen LogP) is 3.32. The van der Waals surface area contributed by atoms with Crippen molar-refractivity contribution in [2.75, 3.05) is 0 Å². The molecule has 1 aromatic heterocycles. The molecule has 1 heterocycles. The Labute approximate surface area is 115 Å². The molecule has 0 aliphatic rings. The van der Waals surface area contributed by atoms with Crippen molar-refractivity contribution in [2.24, 2.45) is 0 Å². The van der Waals surface area contributed by atoms with Crippen LogP contribution in [0.5, 0.6) is 5.75 Å². The van der Waals surface area contributed by atoms with Gasteiger partial charge in [0.05, 0.1) is 11.0 Å². The number of imidazole rings is 1. The number of nitrogens with zero attached hydrogens (tertiary/aromatic N) is 1. The lowest BCUT2D eigenvalue weighted by molar-refractivity contribution is -0.128. The normalized spacial score (nSPS) is 10.4. The van der Waals surface area contributed by atoms with E-state index in [1.165, 1.54) is 0 Å². The van der Waals surface area contributed by atoms with E-state index in [2.05, 4.69) is 16.5 Å². The average Bonchev–Trinajstić information content (AvgIpc) is 2.91. The Bertz CT molecular complexity index is 757. The van der Waals surface area contributed by atoms with Gasteiger partial charge < -0.3 is 9.72 Å². The van der Waals surface area contributed by atoms with Gasteiger partial charge in [-0.1, -0.05) is 30.8 Å². The van der Waals surface area contributed by atoms with Crippen LogP contribution in [0, 0.1) is 0 Å². The zero-order valence-electron chi connectivity index (χ0n) is 10.7. The smallest absolute Gasteiger partial charge is 0.335 e. The summed E-state index contributed by atoms with van der Waals surface area (Å²) in [6.07, 6.45) is 1.13. The summed E-state index contributed by atoms with van der Waals surface area (Å²) in [5.74, 6) is 0.724. The first-order valence-corrected chi connectivity index (χ1v) is 6.16. The molecule has 4 heteroatoms. The molecule has 0 bridgehead atoms. The first-order chi connectivity index (χ1) is 9.76. The highest BCUT2D eigenvalue weighted by Crippen LogP contribution is 2.24. The maximum Gasteiger partial charge on any atom is 0.335 e. The highest BCUT2D eigenvalue weighted by atomic mass is 16.5. The summed E-state index contributed by atoms with van der Waals surface area (Å²) in [5, 5.41) is 0. The van der Waals surface area contributed by atoms with Crippen molar-refractivity contribution in [3.63, 3.8) is 0 Å². The molecule has 98 valence electrons. The fourth-order valence-corrected chi connectivity index (χ4v) is 1.95. The molecule has 0 spiro atoms. The minimum atomic E-state index is -0.480. The lowest BCUT2D eigenvalue weighted by Gasteiger charge is -2.02. The van der Waals surface area contributed by atoms with E-state index < -0.39 is 5.97 Å². The summed E-state index contributed by atoms with van der Waals surface area (Å²) < 4.78 is 5.10. The molecule has 0 aliphatic carbocycles. The monoisotopic (exact) mass is 264 g/mol. The van der Waals surface area contributed by atoms with Gasteiger partial charge in [-0.05, 0) is 24.3 Å². The Morgan fingerprint density at radius 2 is 2.05 bits per heavy atom. The summed E-state index contributed by atoms with van der Waals surface area (Å²) in [5.41, 5.74) is 2.72. The maximum atomic E-state index is 11.2. The maximum absolute atomic E-state index is 11.2. The van der Waals surface area contributed by atoms with Crippen LogP contribution in [-0.4, -0.2) is 15.9 Å². The van der Waals surface area contributed by atoms with Crippen molar-refractivity contribution in [1.29, 1.82) is 0 Å². The minimum Gasteiger partial charge on any atom is -0.423 e. The van der Waals surface area contributed by atoms with Gasteiger partial charge in [-0.25, -0.2) is 9.78 Å². The SMILES string of the molecule is C=CC(=O)Oc1cccc(-c2nc3ccccc3[nH]2)c1. The van der Waals surface area contributed by atoms with Crippen molar-refractivity contribution >= 4 is 17.0 Å². The van der Waals surface area contributed by atoms with Gasteiger partial charge in [0.25, 0.3) is 0 Å². The van der Waals surface area contributed by atoms with Crippen LogP contribution >= 0.6 is 0 Å². The summed E-state index contributed by atoms with van der Waals surface area (Å²) >= 11 is 0. The molecular formula is C16H12N2O2. The number of rotatable bonds is 3. The molecular weight excluding hydrogens is 252 g/mol. The summed E-state index contributed by atoms with van der Waals surface area (Å²) in [6.45, 7) is 3.37. The summed E-state index contributed by atoms with van der Waals surface area (Å²) in [4.78, 5) is 18.9. The van der Waals surface area contributed by atoms with Crippen LogP contribution in [0.15, 0.2) is 61.2 Å². The molecule has 1 N–H and O–H groups in total. The summed E-state index contributed by atoms with van der Waals surface area (Å²) in [6, 6.07) is 15.0. The fraction of sp³-hybridized carbons (Fsp3) is 0. The van der Waals surface area contributed by atoms with E-state index in [4.69, 9.17) is 4.74 Å². The second kappa shape index (κ2) is 5.01. The Hall–Kier alpha value is -2.88. The van der Waals surface area contributed by atoms with Crippen LogP contribution in [0.1, 0.15) is 0 Å². The van der Waals surface area contributed by atoms with Gasteiger partial charge >= 0.3 is 5.97 Å². The number of nitrogens with one attached hydrogen (secondary N) is 1. The second-order valence-electron chi connectivity index (χ2n) is 4.26. The third kappa shape index (κ3) is 2.31. The van der Waals surface area contributed by atoms with E-state index in [9.17, 15) is 4.79 Å². The Balaban J connectivity index is 1.99. The Morgan fingerprint density at radius 3 is 2.85 bits per heavy atom. The average molecular weight is 264 g/mol. The highest BCUT2D eigenvalue weighted by Gasteiger charge is 2.07. The fourth-order valence-electron chi connectivity index (χ4n) is 1.95. The van der Waals surface area contributed by atoms with Crippen LogP contribution in [0.3, 0.4) is 0 Å². The molecule has 2 aromatic carbocycles. The summed E-state index contributed by atoms with van der Waals surface area (Å²) in [7, 11) is 0. The molecule has 0 fully saturated rings. The quantitative estimate of drug-likeness (QED) is 0.448. The molecule has 0 saturated heterocycles. The minimum absolute atomic E-state index is 0.466. The van der Waals surface area contributed by atoms with E-state index in [0.29, 0.717) is 5.75 Å². The number of para-hydroxylation sites is 2. The number of esters is 1. The number of carbonyl (C=O) groups excluding carboxylic acids is 1.